The summed E-state index contributed by atoms with van der Waals surface area (Å²) in [5, 5.41) is 7.63. The van der Waals surface area contributed by atoms with Crippen LogP contribution in [0.1, 0.15) is 39.0 Å². The normalized spacial score (nSPS) is 10.8. The van der Waals surface area contributed by atoms with Gasteiger partial charge in [0, 0.05) is 5.28 Å². The smallest absolute Gasteiger partial charge is 0.119 e. The van der Waals surface area contributed by atoms with E-state index in [1.165, 1.54) is 25.7 Å². The summed E-state index contributed by atoms with van der Waals surface area (Å²) >= 11 is 0. The number of benzene rings is 1. The van der Waals surface area contributed by atoms with Crippen LogP contribution in [0, 0.1) is 0 Å². The summed E-state index contributed by atoms with van der Waals surface area (Å²) in [6.45, 7) is 2.88. The van der Waals surface area contributed by atoms with Gasteiger partial charge in [-0.05, 0) is 25.0 Å². The molecular formula is C13H20N2O. The third kappa shape index (κ3) is 6.17. The lowest BCUT2D eigenvalue weighted by Crippen LogP contribution is -1.87. The molecule has 0 unspecified atom stereocenters. The molecule has 1 aromatic rings. The quantitative estimate of drug-likeness (QED) is 0.356. The molecule has 88 valence electrons. The van der Waals surface area contributed by atoms with E-state index in [0.717, 1.165) is 12.1 Å². The molecule has 0 saturated carbocycles. The van der Waals surface area contributed by atoms with E-state index in [0.29, 0.717) is 6.61 Å². The van der Waals surface area contributed by atoms with Crippen LogP contribution in [0.25, 0.3) is 0 Å². The van der Waals surface area contributed by atoms with Gasteiger partial charge in [-0.3, -0.25) is 0 Å². The lowest BCUT2D eigenvalue weighted by atomic mass is 10.2. The van der Waals surface area contributed by atoms with Gasteiger partial charge >= 0.3 is 0 Å². The van der Waals surface area contributed by atoms with Crippen molar-refractivity contribution in [2.24, 2.45) is 10.4 Å². The van der Waals surface area contributed by atoms with Crippen molar-refractivity contribution in [2.45, 2.75) is 39.0 Å². The maximum Gasteiger partial charge on any atom is 0.119 e. The van der Waals surface area contributed by atoms with Gasteiger partial charge < -0.3 is 4.84 Å². The average Bonchev–Trinajstić information content (AvgIpc) is 2.34. The van der Waals surface area contributed by atoms with Crippen LogP contribution < -0.4 is 0 Å². The predicted octanol–water partition coefficient (Wildman–Crippen LogP) is 4.67. The zero-order valence-corrected chi connectivity index (χ0v) is 9.93. The van der Waals surface area contributed by atoms with Crippen molar-refractivity contribution < 1.29 is 4.84 Å². The Morgan fingerprint density at radius 1 is 1.00 bits per heavy atom. The van der Waals surface area contributed by atoms with Gasteiger partial charge in [-0.1, -0.05) is 44.4 Å². The Morgan fingerprint density at radius 2 is 1.75 bits per heavy atom. The summed E-state index contributed by atoms with van der Waals surface area (Å²) in [4.78, 5) is 5.08. The molecule has 0 aliphatic rings. The minimum atomic E-state index is 0.667. The van der Waals surface area contributed by atoms with Crippen LogP contribution in [0.5, 0.6) is 0 Å². The molecule has 0 bridgehead atoms. The highest BCUT2D eigenvalue weighted by Crippen LogP contribution is 2.10. The van der Waals surface area contributed by atoms with Crippen molar-refractivity contribution in [3.8, 4) is 0 Å². The minimum Gasteiger partial charge on any atom is -0.379 e. The summed E-state index contributed by atoms with van der Waals surface area (Å²) < 4.78 is 0. The van der Waals surface area contributed by atoms with Crippen molar-refractivity contribution in [1.29, 1.82) is 0 Å². The molecule has 0 fully saturated rings. The van der Waals surface area contributed by atoms with E-state index in [-0.39, 0.29) is 0 Å². The van der Waals surface area contributed by atoms with Crippen LogP contribution >= 0.6 is 0 Å². The Morgan fingerprint density at radius 3 is 2.50 bits per heavy atom. The molecule has 0 spiro atoms. The number of nitrogens with zero attached hydrogens (tertiary/aromatic N) is 2. The summed E-state index contributed by atoms with van der Waals surface area (Å²) in [6.07, 6.45) is 6.15. The molecule has 0 heterocycles. The fourth-order valence-corrected chi connectivity index (χ4v) is 1.38. The fourth-order valence-electron chi connectivity index (χ4n) is 1.38. The zero-order chi connectivity index (χ0) is 11.5. The van der Waals surface area contributed by atoms with Crippen molar-refractivity contribution in [3.05, 3.63) is 30.3 Å². The highest BCUT2D eigenvalue weighted by atomic mass is 16.6. The average molecular weight is 220 g/mol. The maximum atomic E-state index is 5.08. The second kappa shape index (κ2) is 8.89. The lowest BCUT2D eigenvalue weighted by Gasteiger charge is -1.98. The molecule has 0 N–H and O–H groups in total. The molecule has 0 aliphatic carbocycles. The van der Waals surface area contributed by atoms with Gasteiger partial charge in [0.05, 0.1) is 5.69 Å². The van der Waals surface area contributed by atoms with Crippen LogP contribution in [0.4, 0.5) is 5.69 Å². The SMILES string of the molecule is CCCCCCCON=Nc1ccccc1. The maximum absolute atomic E-state index is 5.08. The Hall–Kier alpha value is -1.38. The largest absolute Gasteiger partial charge is 0.379 e. The fraction of sp³-hybridized carbons (Fsp3) is 0.538. The second-order valence-electron chi connectivity index (χ2n) is 3.76. The van der Waals surface area contributed by atoms with E-state index in [9.17, 15) is 0 Å². The van der Waals surface area contributed by atoms with Gasteiger partial charge in [0.25, 0.3) is 0 Å². The first-order valence-corrected chi connectivity index (χ1v) is 6.01. The van der Waals surface area contributed by atoms with Gasteiger partial charge in [0.15, 0.2) is 0 Å². The van der Waals surface area contributed by atoms with Gasteiger partial charge in [-0.2, -0.15) is 0 Å². The van der Waals surface area contributed by atoms with Crippen molar-refractivity contribution in [2.75, 3.05) is 6.61 Å². The molecule has 0 atom stereocenters. The van der Waals surface area contributed by atoms with Crippen molar-refractivity contribution in [1.82, 2.24) is 0 Å². The Labute approximate surface area is 97.5 Å². The molecule has 3 nitrogen and oxygen atoms in total. The first-order chi connectivity index (χ1) is 7.93. The number of unbranched alkanes of at least 4 members (excludes halogenated alkanes) is 4. The van der Waals surface area contributed by atoms with Gasteiger partial charge in [0.2, 0.25) is 0 Å². The third-order valence-electron chi connectivity index (χ3n) is 2.31. The molecule has 1 rings (SSSR count). The molecule has 0 saturated heterocycles. The molecule has 1 aromatic carbocycles. The van der Waals surface area contributed by atoms with E-state index in [2.05, 4.69) is 17.3 Å². The van der Waals surface area contributed by atoms with Crippen molar-refractivity contribution >= 4 is 5.69 Å². The van der Waals surface area contributed by atoms with E-state index in [4.69, 9.17) is 4.84 Å². The molecule has 0 amide bonds. The molecule has 0 aliphatic heterocycles. The van der Waals surface area contributed by atoms with Gasteiger partial charge in [-0.25, -0.2) is 0 Å². The molecule has 3 heteroatoms. The highest BCUT2D eigenvalue weighted by molar-refractivity contribution is 5.34. The molecule has 0 aromatic heterocycles. The number of hydrogen-bond acceptors (Lipinski definition) is 3. The Bertz CT molecular complexity index is 285. The van der Waals surface area contributed by atoms with Gasteiger partial charge in [0.1, 0.15) is 6.61 Å². The number of hydrogen-bond donors (Lipinski definition) is 0. The first kappa shape index (κ1) is 12.7. The van der Waals surface area contributed by atoms with E-state index < -0.39 is 0 Å². The third-order valence-corrected chi connectivity index (χ3v) is 2.31. The Kier molecular flexibility index (Phi) is 7.05. The monoisotopic (exact) mass is 220 g/mol. The lowest BCUT2D eigenvalue weighted by molar-refractivity contribution is 0.121. The summed E-state index contributed by atoms with van der Waals surface area (Å²) in [5.41, 5.74) is 0.827. The standard InChI is InChI=1S/C13H20N2O/c1-2-3-4-5-9-12-16-15-14-13-10-7-6-8-11-13/h6-8,10-11H,2-5,9,12H2,1H3. The summed E-state index contributed by atoms with van der Waals surface area (Å²) in [7, 11) is 0. The van der Waals surface area contributed by atoms with Crippen LogP contribution in [0.2, 0.25) is 0 Å². The Balaban J connectivity index is 2.01. The van der Waals surface area contributed by atoms with Crippen molar-refractivity contribution in [3.63, 3.8) is 0 Å². The van der Waals surface area contributed by atoms with E-state index in [1.54, 1.807) is 0 Å². The van der Waals surface area contributed by atoms with Crippen LogP contribution in [0.15, 0.2) is 40.7 Å². The van der Waals surface area contributed by atoms with Crippen LogP contribution in [-0.2, 0) is 4.84 Å². The summed E-state index contributed by atoms with van der Waals surface area (Å²) in [6, 6.07) is 9.61. The van der Waals surface area contributed by atoms with E-state index in [1.807, 2.05) is 30.3 Å². The van der Waals surface area contributed by atoms with Crippen LogP contribution in [0.3, 0.4) is 0 Å². The predicted molar refractivity (Wildman–Crippen MR) is 65.7 cm³/mol. The van der Waals surface area contributed by atoms with Gasteiger partial charge in [-0.15, -0.1) is 5.11 Å². The zero-order valence-electron chi connectivity index (χ0n) is 9.93. The van der Waals surface area contributed by atoms with Crippen LogP contribution in [-0.4, -0.2) is 6.61 Å². The summed E-state index contributed by atoms with van der Waals surface area (Å²) in [5.74, 6) is 0. The topological polar surface area (TPSA) is 34.0 Å². The second-order valence-corrected chi connectivity index (χ2v) is 3.76. The van der Waals surface area contributed by atoms with E-state index >= 15 is 0 Å². The molecule has 0 radical (unpaired) electrons. The minimum absolute atomic E-state index is 0.667. The first-order valence-electron chi connectivity index (χ1n) is 6.01. The molecular weight excluding hydrogens is 200 g/mol. The number of rotatable bonds is 8. The molecule has 16 heavy (non-hydrogen) atoms. The highest BCUT2D eigenvalue weighted by Gasteiger charge is 1.89.